The highest BCUT2D eigenvalue weighted by atomic mass is 31.1. The minimum atomic E-state index is -0.868. The Balaban J connectivity index is 2.73. The normalized spacial score (nSPS) is 20.5. The van der Waals surface area contributed by atoms with Gasteiger partial charge in [0.15, 0.2) is 12.3 Å². The first kappa shape index (κ1) is 5.97. The Kier molecular flexibility index (Phi) is 1.48. The summed E-state index contributed by atoms with van der Waals surface area (Å²) in [7, 11) is -0.868. The molecule has 1 aliphatic rings. The molecule has 0 bridgehead atoms. The van der Waals surface area contributed by atoms with E-state index in [0.29, 0.717) is 0 Å². The molecule has 0 saturated carbocycles. The number of allylic oxidation sites excluding steroid dienone is 2. The molecule has 1 rings (SSSR count). The maximum absolute atomic E-state index is 10.8. The summed E-state index contributed by atoms with van der Waals surface area (Å²) >= 11 is 0. The summed E-state index contributed by atoms with van der Waals surface area (Å²) in [6.07, 6.45) is 1.70. The molecular formula is C6H10OP+. The van der Waals surface area contributed by atoms with Gasteiger partial charge in [0.25, 0.3) is 0 Å². The Morgan fingerprint density at radius 2 is 1.62 bits per heavy atom. The fourth-order valence-corrected chi connectivity index (χ4v) is 2.56. The van der Waals surface area contributed by atoms with E-state index in [1.807, 2.05) is 0 Å². The number of hydrogen-bond acceptors (Lipinski definition) is 1. The second-order valence-electron chi connectivity index (χ2n) is 2.36. The van der Waals surface area contributed by atoms with E-state index in [2.05, 4.69) is 13.8 Å². The van der Waals surface area contributed by atoms with Gasteiger partial charge in [-0.1, -0.05) is 4.57 Å². The fourth-order valence-electron chi connectivity index (χ4n) is 0.855. The topological polar surface area (TPSA) is 17.1 Å². The molecule has 0 aromatic heterocycles. The molecule has 0 fully saturated rings. The van der Waals surface area contributed by atoms with E-state index >= 15 is 0 Å². The standard InChI is InChI=1S/C6H10OP/c1-5-3-8(7)4-6(5)2/h3-4H2,1-2H3/q+1. The zero-order valence-electron chi connectivity index (χ0n) is 5.27. The molecule has 0 saturated heterocycles. The lowest BCUT2D eigenvalue weighted by Gasteiger charge is -1.80. The van der Waals surface area contributed by atoms with Crippen LogP contribution in [0.5, 0.6) is 0 Å². The van der Waals surface area contributed by atoms with Crippen molar-refractivity contribution in [1.29, 1.82) is 0 Å². The second kappa shape index (κ2) is 1.99. The van der Waals surface area contributed by atoms with Gasteiger partial charge in [-0.25, -0.2) is 0 Å². The maximum Gasteiger partial charge on any atom is 0.347 e. The Hall–Kier alpha value is -0.160. The van der Waals surface area contributed by atoms with Crippen molar-refractivity contribution in [3.05, 3.63) is 11.1 Å². The molecule has 0 unspecified atom stereocenters. The lowest BCUT2D eigenvalue weighted by atomic mass is 10.2. The van der Waals surface area contributed by atoms with Crippen LogP contribution in [0.1, 0.15) is 13.8 Å². The van der Waals surface area contributed by atoms with Gasteiger partial charge < -0.3 is 0 Å². The van der Waals surface area contributed by atoms with E-state index < -0.39 is 7.80 Å². The minimum Gasteiger partial charge on any atom is -0.0741 e. The fraction of sp³-hybridized carbons (Fsp3) is 0.667. The van der Waals surface area contributed by atoms with Crippen molar-refractivity contribution in [2.24, 2.45) is 0 Å². The first-order valence-corrected chi connectivity index (χ1v) is 4.40. The van der Waals surface area contributed by atoms with Crippen molar-refractivity contribution < 1.29 is 4.57 Å². The smallest absolute Gasteiger partial charge is 0.0741 e. The van der Waals surface area contributed by atoms with Gasteiger partial charge in [-0.3, -0.25) is 0 Å². The van der Waals surface area contributed by atoms with Crippen LogP contribution in [0.4, 0.5) is 0 Å². The molecule has 0 aromatic rings. The Labute approximate surface area is 50.6 Å². The van der Waals surface area contributed by atoms with Crippen LogP contribution in [0, 0.1) is 0 Å². The molecule has 8 heavy (non-hydrogen) atoms. The van der Waals surface area contributed by atoms with Crippen LogP contribution in [-0.2, 0) is 4.57 Å². The highest BCUT2D eigenvalue weighted by Gasteiger charge is 2.25. The highest BCUT2D eigenvalue weighted by molar-refractivity contribution is 7.45. The third-order valence-electron chi connectivity index (χ3n) is 1.56. The lowest BCUT2D eigenvalue weighted by Crippen LogP contribution is -1.74. The molecule has 0 radical (unpaired) electrons. The molecule has 2 heteroatoms. The third-order valence-corrected chi connectivity index (χ3v) is 3.21. The van der Waals surface area contributed by atoms with Gasteiger partial charge in [0.2, 0.25) is 0 Å². The second-order valence-corrected chi connectivity index (χ2v) is 3.95. The molecule has 0 atom stereocenters. The first-order valence-electron chi connectivity index (χ1n) is 2.77. The summed E-state index contributed by atoms with van der Waals surface area (Å²) in [5.41, 5.74) is 2.68. The zero-order chi connectivity index (χ0) is 6.15. The van der Waals surface area contributed by atoms with Crippen molar-refractivity contribution in [3.63, 3.8) is 0 Å². The van der Waals surface area contributed by atoms with E-state index in [-0.39, 0.29) is 0 Å². The summed E-state index contributed by atoms with van der Waals surface area (Å²) in [5, 5.41) is 0. The van der Waals surface area contributed by atoms with Gasteiger partial charge in [0.1, 0.15) is 0 Å². The summed E-state index contributed by atoms with van der Waals surface area (Å²) in [6.45, 7) is 4.13. The molecule has 0 aliphatic carbocycles. The van der Waals surface area contributed by atoms with Crippen LogP contribution in [0.25, 0.3) is 0 Å². The monoisotopic (exact) mass is 129 g/mol. The van der Waals surface area contributed by atoms with Gasteiger partial charge in [-0.15, -0.1) is 0 Å². The van der Waals surface area contributed by atoms with Gasteiger partial charge in [0, 0.05) is 0 Å². The van der Waals surface area contributed by atoms with Crippen molar-refractivity contribution in [1.82, 2.24) is 0 Å². The van der Waals surface area contributed by atoms with Crippen LogP contribution >= 0.6 is 7.80 Å². The Morgan fingerprint density at radius 3 is 1.75 bits per heavy atom. The largest absolute Gasteiger partial charge is 0.347 e. The van der Waals surface area contributed by atoms with E-state index in [1.165, 1.54) is 11.1 Å². The van der Waals surface area contributed by atoms with E-state index in [9.17, 15) is 4.57 Å². The van der Waals surface area contributed by atoms with Gasteiger partial charge >= 0.3 is 7.80 Å². The van der Waals surface area contributed by atoms with Gasteiger partial charge in [0.05, 0.1) is 0 Å². The Bertz CT molecular complexity index is 142. The van der Waals surface area contributed by atoms with E-state index in [4.69, 9.17) is 0 Å². The van der Waals surface area contributed by atoms with Crippen LogP contribution in [0.2, 0.25) is 0 Å². The lowest BCUT2D eigenvalue weighted by molar-refractivity contribution is 0.591. The average molecular weight is 129 g/mol. The zero-order valence-corrected chi connectivity index (χ0v) is 6.16. The molecule has 44 valence electrons. The molecule has 0 amide bonds. The van der Waals surface area contributed by atoms with E-state index in [1.54, 1.807) is 0 Å². The van der Waals surface area contributed by atoms with Crippen LogP contribution in [0.15, 0.2) is 11.1 Å². The maximum atomic E-state index is 10.8. The minimum absolute atomic E-state index is 0.848. The molecular weight excluding hydrogens is 119 g/mol. The van der Waals surface area contributed by atoms with Crippen molar-refractivity contribution >= 4 is 7.80 Å². The molecule has 0 aromatic carbocycles. The molecule has 1 heterocycles. The predicted molar refractivity (Wildman–Crippen MR) is 35.7 cm³/mol. The summed E-state index contributed by atoms with van der Waals surface area (Å²) in [6, 6.07) is 0. The Morgan fingerprint density at radius 1 is 1.25 bits per heavy atom. The van der Waals surface area contributed by atoms with Gasteiger partial charge in [-0.2, -0.15) is 0 Å². The average Bonchev–Trinajstić information content (AvgIpc) is 1.85. The van der Waals surface area contributed by atoms with E-state index in [0.717, 1.165) is 12.3 Å². The van der Waals surface area contributed by atoms with Crippen molar-refractivity contribution in [3.8, 4) is 0 Å². The summed E-state index contributed by atoms with van der Waals surface area (Å²) in [4.78, 5) is 0. The molecule has 1 nitrogen and oxygen atoms in total. The highest BCUT2D eigenvalue weighted by Crippen LogP contribution is 2.34. The summed E-state index contributed by atoms with van der Waals surface area (Å²) in [5.74, 6) is 0. The number of hydrogen-bond donors (Lipinski definition) is 0. The predicted octanol–water partition coefficient (Wildman–Crippen LogP) is 2.16. The number of rotatable bonds is 0. The van der Waals surface area contributed by atoms with Crippen LogP contribution < -0.4 is 0 Å². The SMILES string of the molecule is CC1=C(C)C[P+](=O)C1. The molecule has 0 N–H and O–H groups in total. The van der Waals surface area contributed by atoms with Crippen molar-refractivity contribution in [2.75, 3.05) is 12.3 Å². The first-order chi connectivity index (χ1) is 3.70. The quantitative estimate of drug-likeness (QED) is 0.362. The summed E-state index contributed by atoms with van der Waals surface area (Å²) < 4.78 is 10.8. The third kappa shape index (κ3) is 0.976. The van der Waals surface area contributed by atoms with Gasteiger partial charge in [-0.05, 0) is 25.0 Å². The molecule has 1 aliphatic heterocycles. The molecule has 0 spiro atoms. The van der Waals surface area contributed by atoms with Crippen molar-refractivity contribution in [2.45, 2.75) is 13.8 Å². The van der Waals surface area contributed by atoms with Crippen LogP contribution in [0.3, 0.4) is 0 Å². The van der Waals surface area contributed by atoms with Crippen LogP contribution in [-0.4, -0.2) is 12.3 Å².